The van der Waals surface area contributed by atoms with Gasteiger partial charge in [-0.1, -0.05) is 24.8 Å². The van der Waals surface area contributed by atoms with Crippen LogP contribution in [0.3, 0.4) is 0 Å². The van der Waals surface area contributed by atoms with E-state index in [1.807, 2.05) is 42.5 Å². The minimum absolute atomic E-state index is 0.0147. The van der Waals surface area contributed by atoms with Crippen molar-refractivity contribution in [1.29, 1.82) is 0 Å². The number of H-pyrrole nitrogens is 1. The molecular weight excluding hydrogens is 400 g/mol. The van der Waals surface area contributed by atoms with Crippen LogP contribution in [-0.2, 0) is 11.3 Å². The maximum Gasteiger partial charge on any atom is 0.227 e. The molecule has 3 heterocycles. The third-order valence-corrected chi connectivity index (χ3v) is 5.94. The molecule has 2 aliphatic rings. The summed E-state index contributed by atoms with van der Waals surface area (Å²) in [6.07, 6.45) is 7.19. The van der Waals surface area contributed by atoms with Crippen molar-refractivity contribution in [2.45, 2.75) is 38.8 Å². The Kier molecular flexibility index (Phi) is 4.93. The van der Waals surface area contributed by atoms with E-state index in [1.165, 1.54) is 0 Å². The first-order valence-electron chi connectivity index (χ1n) is 10.9. The standard InChI is InChI=1S/C26H26N4O2/c1-16-14-26(2,3)32-23-10-8-17(12-20(16)23)24-21-13-18(7-9-22(21)29-30-24)25(31)28-15-19-6-4-5-11-27-19/h4-6,8-13,18,29H,1,7,14-15H2,2-3H3,(H,28,31). The predicted molar refractivity (Wildman–Crippen MR) is 125 cm³/mol. The summed E-state index contributed by atoms with van der Waals surface area (Å²) in [4.78, 5) is 17.1. The number of hydrogen-bond donors (Lipinski definition) is 2. The summed E-state index contributed by atoms with van der Waals surface area (Å²) >= 11 is 0. The van der Waals surface area contributed by atoms with Crippen LogP contribution >= 0.6 is 0 Å². The summed E-state index contributed by atoms with van der Waals surface area (Å²) < 4.78 is 6.13. The monoisotopic (exact) mass is 426 g/mol. The molecule has 0 fully saturated rings. The van der Waals surface area contributed by atoms with Gasteiger partial charge in [-0.05, 0) is 56.2 Å². The molecule has 1 unspecified atom stereocenters. The van der Waals surface area contributed by atoms with Crippen LogP contribution in [-0.4, -0.2) is 26.7 Å². The molecule has 2 N–H and O–H groups in total. The van der Waals surface area contributed by atoms with Gasteiger partial charge in [-0.25, -0.2) is 0 Å². The third kappa shape index (κ3) is 3.84. The Morgan fingerprint density at radius 2 is 2.19 bits per heavy atom. The summed E-state index contributed by atoms with van der Waals surface area (Å²) in [6.45, 7) is 8.82. The Hall–Kier alpha value is -3.67. The van der Waals surface area contributed by atoms with Crippen LogP contribution in [0.5, 0.6) is 5.75 Å². The lowest BCUT2D eigenvalue weighted by molar-refractivity contribution is -0.123. The van der Waals surface area contributed by atoms with Crippen molar-refractivity contribution < 1.29 is 9.53 Å². The average Bonchev–Trinajstić information content (AvgIpc) is 3.20. The van der Waals surface area contributed by atoms with Crippen LogP contribution in [0.4, 0.5) is 0 Å². The van der Waals surface area contributed by atoms with Crippen LogP contribution < -0.4 is 20.6 Å². The first-order chi connectivity index (χ1) is 15.4. The van der Waals surface area contributed by atoms with Gasteiger partial charge in [-0.3, -0.25) is 14.9 Å². The van der Waals surface area contributed by atoms with E-state index >= 15 is 0 Å². The van der Waals surface area contributed by atoms with Gasteiger partial charge in [-0.2, -0.15) is 5.10 Å². The number of nitrogens with one attached hydrogen (secondary N) is 2. The summed E-state index contributed by atoms with van der Waals surface area (Å²) in [6, 6.07) is 11.8. The highest BCUT2D eigenvalue weighted by atomic mass is 16.5. The van der Waals surface area contributed by atoms with E-state index in [9.17, 15) is 4.79 Å². The van der Waals surface area contributed by atoms with E-state index < -0.39 is 0 Å². The number of aromatic nitrogens is 3. The molecule has 3 aromatic rings. The Balaban J connectivity index is 1.42. The first-order valence-corrected chi connectivity index (χ1v) is 10.9. The van der Waals surface area contributed by atoms with Gasteiger partial charge in [0.2, 0.25) is 5.91 Å². The van der Waals surface area contributed by atoms with Crippen LogP contribution in [0, 0.1) is 5.92 Å². The number of ether oxygens (including phenoxy) is 1. The van der Waals surface area contributed by atoms with Crippen molar-refractivity contribution in [1.82, 2.24) is 20.5 Å². The van der Waals surface area contributed by atoms with Crippen molar-refractivity contribution in [2.75, 3.05) is 0 Å². The summed E-state index contributed by atoms with van der Waals surface area (Å²) in [5.74, 6) is 0.583. The van der Waals surface area contributed by atoms with Crippen LogP contribution in [0.2, 0.25) is 0 Å². The number of aromatic amines is 1. The Morgan fingerprint density at radius 3 is 3.00 bits per heavy atom. The lowest BCUT2D eigenvalue weighted by Gasteiger charge is -2.34. The molecule has 162 valence electrons. The molecule has 0 bridgehead atoms. The summed E-state index contributed by atoms with van der Waals surface area (Å²) in [5, 5.41) is 12.6. The second kappa shape index (κ2) is 7.79. The number of fused-ring (bicyclic) bond motifs is 2. The topological polar surface area (TPSA) is 79.9 Å². The maximum atomic E-state index is 12.8. The number of hydrogen-bond acceptors (Lipinski definition) is 4. The summed E-state index contributed by atoms with van der Waals surface area (Å²) in [7, 11) is 0. The average molecular weight is 427 g/mol. The van der Waals surface area contributed by atoms with Gasteiger partial charge >= 0.3 is 0 Å². The zero-order valence-electron chi connectivity index (χ0n) is 18.3. The highest BCUT2D eigenvalue weighted by Gasteiger charge is 2.29. The zero-order valence-corrected chi connectivity index (χ0v) is 18.3. The molecule has 0 radical (unpaired) electrons. The quantitative estimate of drug-likeness (QED) is 0.672. The first kappa shape index (κ1) is 20.2. The second-order valence-corrected chi connectivity index (χ2v) is 9.00. The Morgan fingerprint density at radius 1 is 1.31 bits per heavy atom. The van der Waals surface area contributed by atoms with Crippen molar-refractivity contribution in [3.63, 3.8) is 0 Å². The van der Waals surface area contributed by atoms with Crippen molar-refractivity contribution in [3.05, 3.63) is 71.0 Å². The number of benzene rings is 1. The lowest BCUT2D eigenvalue weighted by atomic mass is 9.89. The largest absolute Gasteiger partial charge is 0.487 e. The zero-order chi connectivity index (χ0) is 22.3. The number of rotatable bonds is 4. The predicted octanol–water partition coefficient (Wildman–Crippen LogP) is 2.94. The molecule has 0 saturated carbocycles. The fourth-order valence-corrected chi connectivity index (χ4v) is 4.40. The lowest BCUT2D eigenvalue weighted by Crippen LogP contribution is -2.36. The molecule has 32 heavy (non-hydrogen) atoms. The van der Waals surface area contributed by atoms with Crippen LogP contribution in [0.25, 0.3) is 29.0 Å². The maximum absolute atomic E-state index is 12.8. The van der Waals surface area contributed by atoms with Crippen LogP contribution in [0.1, 0.15) is 37.9 Å². The molecule has 0 spiro atoms. The molecule has 0 saturated heterocycles. The highest BCUT2D eigenvalue weighted by molar-refractivity contribution is 5.86. The van der Waals surface area contributed by atoms with E-state index in [1.54, 1.807) is 6.20 Å². The normalized spacial score (nSPS) is 18.4. The van der Waals surface area contributed by atoms with Crippen molar-refractivity contribution in [2.24, 2.45) is 5.92 Å². The van der Waals surface area contributed by atoms with E-state index in [4.69, 9.17) is 4.74 Å². The molecule has 1 aliphatic carbocycles. The molecule has 1 amide bonds. The Bertz CT molecular complexity index is 1320. The van der Waals surface area contributed by atoms with Gasteiger partial charge in [0, 0.05) is 29.0 Å². The molecule has 6 heteroatoms. The van der Waals surface area contributed by atoms with Gasteiger partial charge < -0.3 is 10.1 Å². The molecule has 1 atom stereocenters. The molecule has 2 aromatic heterocycles. The molecule has 6 nitrogen and oxygen atoms in total. The number of amides is 1. The van der Waals surface area contributed by atoms with Gasteiger partial charge in [-0.15, -0.1) is 0 Å². The fraction of sp³-hybridized carbons (Fsp3) is 0.269. The minimum Gasteiger partial charge on any atom is -0.487 e. The summed E-state index contributed by atoms with van der Waals surface area (Å²) in [5.41, 5.74) is 4.47. The van der Waals surface area contributed by atoms with E-state index in [0.29, 0.717) is 13.0 Å². The SMILES string of the molecule is C=C1CC(C)(C)Oc2ccc(-c3n[nH]c4c3=CC(C(=O)NCc3ccccn3)CC=4)cc21. The van der Waals surface area contributed by atoms with Gasteiger partial charge in [0.1, 0.15) is 11.4 Å². The highest BCUT2D eigenvalue weighted by Crippen LogP contribution is 2.40. The number of pyridine rings is 1. The Labute approximate surface area is 186 Å². The molecule has 1 aromatic carbocycles. The molecular formula is C26H26N4O2. The van der Waals surface area contributed by atoms with Crippen molar-refractivity contribution in [3.8, 4) is 17.0 Å². The van der Waals surface area contributed by atoms with Gasteiger partial charge in [0.15, 0.2) is 0 Å². The van der Waals surface area contributed by atoms with Gasteiger partial charge in [0.05, 0.1) is 29.2 Å². The number of carbonyl (C=O) groups is 1. The van der Waals surface area contributed by atoms with Crippen molar-refractivity contribution >= 4 is 23.6 Å². The molecule has 5 rings (SSSR count). The number of carbonyl (C=O) groups excluding carboxylic acids is 1. The number of nitrogens with zero attached hydrogens (tertiary/aromatic N) is 2. The smallest absolute Gasteiger partial charge is 0.227 e. The minimum atomic E-state index is -0.254. The van der Waals surface area contributed by atoms with Gasteiger partial charge in [0.25, 0.3) is 0 Å². The fourth-order valence-electron chi connectivity index (χ4n) is 4.40. The van der Waals surface area contributed by atoms with Crippen LogP contribution in [0.15, 0.2) is 49.2 Å². The van der Waals surface area contributed by atoms with E-state index in [-0.39, 0.29) is 17.4 Å². The second-order valence-electron chi connectivity index (χ2n) is 9.00. The molecule has 1 aliphatic heterocycles. The van der Waals surface area contributed by atoms with E-state index in [2.05, 4.69) is 47.0 Å². The third-order valence-electron chi connectivity index (χ3n) is 5.94. The van der Waals surface area contributed by atoms with E-state index in [0.717, 1.165) is 50.8 Å².